The summed E-state index contributed by atoms with van der Waals surface area (Å²) in [6.07, 6.45) is -2.90. The Morgan fingerprint density at radius 2 is 1.59 bits per heavy atom. The van der Waals surface area contributed by atoms with Crippen LogP contribution in [0.4, 0.5) is 13.2 Å². The third-order valence-corrected chi connectivity index (χ3v) is 3.42. The Labute approximate surface area is 126 Å². The second-order valence-corrected chi connectivity index (χ2v) is 5.01. The highest BCUT2D eigenvalue weighted by Gasteiger charge is 2.42. The summed E-state index contributed by atoms with van der Waals surface area (Å²) in [5.74, 6) is -5.11. The summed E-state index contributed by atoms with van der Waals surface area (Å²) in [5, 5.41) is 19.0. The van der Waals surface area contributed by atoms with Crippen LogP contribution in [0.3, 0.4) is 0 Å². The molecule has 5 heteroatoms. The molecule has 0 saturated heterocycles. The molecule has 2 unspecified atom stereocenters. The first kappa shape index (κ1) is 16.1. The number of nitriles is 1. The maximum atomic E-state index is 14.2. The first-order valence-electron chi connectivity index (χ1n) is 6.70. The van der Waals surface area contributed by atoms with E-state index in [9.17, 15) is 18.3 Å². The molecule has 0 bridgehead atoms. The van der Waals surface area contributed by atoms with Gasteiger partial charge in [0.1, 0.15) is 11.9 Å². The van der Waals surface area contributed by atoms with Gasteiger partial charge in [0.25, 0.3) is 5.92 Å². The second-order valence-electron chi connectivity index (χ2n) is 5.01. The van der Waals surface area contributed by atoms with Crippen molar-refractivity contribution >= 4 is 0 Å². The van der Waals surface area contributed by atoms with Gasteiger partial charge in [-0.05, 0) is 23.3 Å². The normalized spacial score (nSPS) is 14.1. The Morgan fingerprint density at radius 3 is 2.14 bits per heavy atom. The van der Waals surface area contributed by atoms with Crippen LogP contribution < -0.4 is 0 Å². The van der Waals surface area contributed by atoms with Crippen molar-refractivity contribution in [1.29, 1.82) is 5.26 Å². The van der Waals surface area contributed by atoms with Crippen molar-refractivity contribution in [3.8, 4) is 6.07 Å². The van der Waals surface area contributed by atoms with Crippen LogP contribution in [0.15, 0.2) is 54.6 Å². The summed E-state index contributed by atoms with van der Waals surface area (Å²) >= 11 is 0. The van der Waals surface area contributed by atoms with Crippen molar-refractivity contribution in [2.45, 2.75) is 24.4 Å². The second kappa shape index (κ2) is 6.63. The molecule has 0 fully saturated rings. The number of hydrogen-bond acceptors (Lipinski definition) is 2. The van der Waals surface area contributed by atoms with Crippen LogP contribution in [0.2, 0.25) is 0 Å². The summed E-state index contributed by atoms with van der Waals surface area (Å²) in [7, 11) is 0. The van der Waals surface area contributed by atoms with E-state index in [0.717, 1.165) is 24.3 Å². The van der Waals surface area contributed by atoms with Crippen molar-refractivity contribution in [2.24, 2.45) is 0 Å². The highest BCUT2D eigenvalue weighted by molar-refractivity contribution is 5.26. The van der Waals surface area contributed by atoms with E-state index in [2.05, 4.69) is 0 Å². The molecule has 0 aliphatic heterocycles. The standard InChI is InChI=1S/C17H14F3NO/c18-15-8-6-13(7-9-15)16(22)17(19,20)10-14(11-21)12-4-2-1-3-5-12/h1-9,14,16,22H,10H2. The monoisotopic (exact) mass is 305 g/mol. The average Bonchev–Trinajstić information content (AvgIpc) is 2.53. The molecule has 0 radical (unpaired) electrons. The molecular weight excluding hydrogens is 291 g/mol. The molecule has 2 rings (SSSR count). The van der Waals surface area contributed by atoms with Crippen LogP contribution in [0.5, 0.6) is 0 Å². The Morgan fingerprint density at radius 1 is 1.00 bits per heavy atom. The molecule has 2 aromatic rings. The Bertz CT molecular complexity index is 650. The van der Waals surface area contributed by atoms with Crippen LogP contribution in [-0.2, 0) is 0 Å². The summed E-state index contributed by atoms with van der Waals surface area (Å²) in [5.41, 5.74) is 0.382. The van der Waals surface area contributed by atoms with Crippen LogP contribution in [-0.4, -0.2) is 11.0 Å². The minimum absolute atomic E-state index is 0.0869. The zero-order valence-corrected chi connectivity index (χ0v) is 11.6. The molecule has 0 heterocycles. The van der Waals surface area contributed by atoms with Gasteiger partial charge >= 0.3 is 0 Å². The fourth-order valence-electron chi connectivity index (χ4n) is 2.20. The lowest BCUT2D eigenvalue weighted by Gasteiger charge is -2.25. The Kier molecular flexibility index (Phi) is 4.84. The maximum Gasteiger partial charge on any atom is 0.279 e. The van der Waals surface area contributed by atoms with Crippen LogP contribution in [0, 0.1) is 17.1 Å². The van der Waals surface area contributed by atoms with Gasteiger partial charge in [-0.1, -0.05) is 42.5 Å². The molecule has 0 aliphatic rings. The molecule has 2 atom stereocenters. The first-order valence-corrected chi connectivity index (χ1v) is 6.70. The third kappa shape index (κ3) is 3.66. The van der Waals surface area contributed by atoms with Gasteiger partial charge in [0, 0.05) is 6.42 Å². The van der Waals surface area contributed by atoms with E-state index in [1.54, 1.807) is 30.3 Å². The topological polar surface area (TPSA) is 44.0 Å². The van der Waals surface area contributed by atoms with E-state index in [1.807, 2.05) is 6.07 Å². The van der Waals surface area contributed by atoms with Crippen molar-refractivity contribution in [1.82, 2.24) is 0 Å². The molecule has 0 spiro atoms. The van der Waals surface area contributed by atoms with E-state index < -0.39 is 30.2 Å². The number of benzene rings is 2. The summed E-state index contributed by atoms with van der Waals surface area (Å²) in [6.45, 7) is 0. The van der Waals surface area contributed by atoms with Crippen molar-refractivity contribution < 1.29 is 18.3 Å². The molecule has 2 nitrogen and oxygen atoms in total. The quantitative estimate of drug-likeness (QED) is 0.900. The van der Waals surface area contributed by atoms with Crippen LogP contribution in [0.25, 0.3) is 0 Å². The summed E-state index contributed by atoms with van der Waals surface area (Å²) in [4.78, 5) is 0. The predicted octanol–water partition coefficient (Wildman–Crippen LogP) is 4.19. The molecular formula is C17H14F3NO. The van der Waals surface area contributed by atoms with E-state index in [0.29, 0.717) is 5.56 Å². The Hall–Kier alpha value is -2.32. The average molecular weight is 305 g/mol. The molecule has 2 aromatic carbocycles. The number of nitrogens with zero attached hydrogens (tertiary/aromatic N) is 1. The van der Waals surface area contributed by atoms with Crippen LogP contribution in [0.1, 0.15) is 29.6 Å². The fourth-order valence-corrected chi connectivity index (χ4v) is 2.20. The minimum Gasteiger partial charge on any atom is -0.382 e. The van der Waals surface area contributed by atoms with E-state index in [-0.39, 0.29) is 5.56 Å². The number of halogens is 3. The van der Waals surface area contributed by atoms with E-state index in [4.69, 9.17) is 5.26 Å². The molecule has 0 aromatic heterocycles. The number of hydrogen-bond donors (Lipinski definition) is 1. The lowest BCUT2D eigenvalue weighted by atomic mass is 9.90. The highest BCUT2D eigenvalue weighted by Crippen LogP contribution is 2.39. The van der Waals surface area contributed by atoms with Crippen molar-refractivity contribution in [3.63, 3.8) is 0 Å². The number of alkyl halides is 2. The fraction of sp³-hybridized carbons (Fsp3) is 0.235. The maximum absolute atomic E-state index is 14.2. The molecule has 114 valence electrons. The minimum atomic E-state index is -3.51. The summed E-state index contributed by atoms with van der Waals surface area (Å²) in [6, 6.07) is 14.3. The van der Waals surface area contributed by atoms with Gasteiger partial charge in [-0.25, -0.2) is 13.2 Å². The van der Waals surface area contributed by atoms with E-state index >= 15 is 0 Å². The highest BCUT2D eigenvalue weighted by atomic mass is 19.3. The number of aliphatic hydroxyl groups excluding tert-OH is 1. The Balaban J connectivity index is 2.18. The van der Waals surface area contributed by atoms with Gasteiger partial charge in [-0.15, -0.1) is 0 Å². The van der Waals surface area contributed by atoms with Gasteiger partial charge in [0.15, 0.2) is 0 Å². The lowest BCUT2D eigenvalue weighted by Crippen LogP contribution is -2.28. The van der Waals surface area contributed by atoms with Gasteiger partial charge in [0.2, 0.25) is 0 Å². The SMILES string of the molecule is N#CC(CC(F)(F)C(O)c1ccc(F)cc1)c1ccccc1. The molecule has 0 amide bonds. The molecule has 22 heavy (non-hydrogen) atoms. The smallest absolute Gasteiger partial charge is 0.279 e. The molecule has 1 N–H and O–H groups in total. The number of aliphatic hydroxyl groups is 1. The zero-order chi connectivity index (χ0) is 16.2. The zero-order valence-electron chi connectivity index (χ0n) is 11.6. The third-order valence-electron chi connectivity index (χ3n) is 3.42. The predicted molar refractivity (Wildman–Crippen MR) is 75.7 cm³/mol. The van der Waals surface area contributed by atoms with Crippen LogP contribution >= 0.6 is 0 Å². The lowest BCUT2D eigenvalue weighted by molar-refractivity contribution is -0.117. The van der Waals surface area contributed by atoms with Gasteiger partial charge in [0.05, 0.1) is 12.0 Å². The molecule has 0 aliphatic carbocycles. The van der Waals surface area contributed by atoms with Crippen molar-refractivity contribution in [2.75, 3.05) is 0 Å². The number of rotatable bonds is 5. The van der Waals surface area contributed by atoms with Crippen molar-refractivity contribution in [3.05, 3.63) is 71.5 Å². The molecule has 0 saturated carbocycles. The first-order chi connectivity index (χ1) is 10.4. The summed E-state index contributed by atoms with van der Waals surface area (Å²) < 4.78 is 41.3. The van der Waals surface area contributed by atoms with Gasteiger partial charge < -0.3 is 5.11 Å². The van der Waals surface area contributed by atoms with Gasteiger partial charge in [-0.2, -0.15) is 5.26 Å². The van der Waals surface area contributed by atoms with Gasteiger partial charge in [-0.3, -0.25) is 0 Å². The largest absolute Gasteiger partial charge is 0.382 e. The van der Waals surface area contributed by atoms with E-state index in [1.165, 1.54) is 0 Å².